The molecular weight excluding hydrogens is 296 g/mol. The maximum absolute atomic E-state index is 12.1. The SMILES string of the molecule is CCc1nccnc1C(=O)N/N=C/c1cc(OC)cc(OC)c1. The number of hydrogen-bond acceptors (Lipinski definition) is 6. The van der Waals surface area contributed by atoms with Crippen molar-refractivity contribution in [3.63, 3.8) is 0 Å². The lowest BCUT2D eigenvalue weighted by Crippen LogP contribution is -2.21. The molecule has 0 aliphatic heterocycles. The second-order valence-electron chi connectivity index (χ2n) is 4.55. The van der Waals surface area contributed by atoms with Crippen LogP contribution in [0, 0.1) is 0 Å². The second kappa shape index (κ2) is 7.88. The molecule has 1 amide bonds. The van der Waals surface area contributed by atoms with Crippen LogP contribution in [0.25, 0.3) is 0 Å². The molecule has 7 heteroatoms. The smallest absolute Gasteiger partial charge is 0.291 e. The van der Waals surface area contributed by atoms with Gasteiger partial charge in [-0.1, -0.05) is 6.92 Å². The Labute approximate surface area is 134 Å². The number of nitrogens with zero attached hydrogens (tertiary/aromatic N) is 3. The zero-order chi connectivity index (χ0) is 16.7. The Hall–Kier alpha value is -2.96. The van der Waals surface area contributed by atoms with E-state index in [-0.39, 0.29) is 5.69 Å². The van der Waals surface area contributed by atoms with E-state index in [9.17, 15) is 4.79 Å². The minimum absolute atomic E-state index is 0.273. The molecule has 1 aromatic carbocycles. The number of carbonyl (C=O) groups excluding carboxylic acids is 1. The van der Waals surface area contributed by atoms with Gasteiger partial charge in [-0.25, -0.2) is 10.4 Å². The van der Waals surface area contributed by atoms with Crippen molar-refractivity contribution in [3.05, 3.63) is 47.5 Å². The first-order valence-electron chi connectivity index (χ1n) is 7.04. The lowest BCUT2D eigenvalue weighted by molar-refractivity contribution is 0.0948. The predicted molar refractivity (Wildman–Crippen MR) is 86.0 cm³/mol. The Morgan fingerprint density at radius 1 is 1.17 bits per heavy atom. The largest absolute Gasteiger partial charge is 0.497 e. The van der Waals surface area contributed by atoms with Crippen LogP contribution in [-0.2, 0) is 6.42 Å². The molecule has 0 spiro atoms. The quantitative estimate of drug-likeness (QED) is 0.649. The zero-order valence-corrected chi connectivity index (χ0v) is 13.2. The van der Waals surface area contributed by atoms with Crippen molar-refractivity contribution in [3.8, 4) is 11.5 Å². The first kappa shape index (κ1) is 16.4. The number of aryl methyl sites for hydroxylation is 1. The van der Waals surface area contributed by atoms with E-state index in [1.807, 2.05) is 6.92 Å². The monoisotopic (exact) mass is 314 g/mol. The van der Waals surface area contributed by atoms with E-state index >= 15 is 0 Å². The molecule has 1 heterocycles. The number of rotatable bonds is 6. The molecule has 1 aromatic heterocycles. The molecule has 1 N–H and O–H groups in total. The first-order valence-corrected chi connectivity index (χ1v) is 7.04. The number of hydrazone groups is 1. The lowest BCUT2D eigenvalue weighted by atomic mass is 10.2. The summed E-state index contributed by atoms with van der Waals surface area (Å²) in [5.41, 5.74) is 4.08. The van der Waals surface area contributed by atoms with Crippen molar-refractivity contribution in [2.45, 2.75) is 13.3 Å². The van der Waals surface area contributed by atoms with Crippen molar-refractivity contribution in [2.75, 3.05) is 14.2 Å². The Morgan fingerprint density at radius 2 is 1.83 bits per heavy atom. The van der Waals surface area contributed by atoms with Crippen LogP contribution in [0.2, 0.25) is 0 Å². The van der Waals surface area contributed by atoms with Crippen molar-refractivity contribution in [1.82, 2.24) is 15.4 Å². The highest BCUT2D eigenvalue weighted by Gasteiger charge is 2.11. The topological polar surface area (TPSA) is 85.7 Å². The van der Waals surface area contributed by atoms with Crippen molar-refractivity contribution in [1.29, 1.82) is 0 Å². The summed E-state index contributed by atoms with van der Waals surface area (Å²) in [4.78, 5) is 20.2. The normalized spacial score (nSPS) is 10.6. The molecule has 120 valence electrons. The van der Waals surface area contributed by atoms with Crippen LogP contribution in [-0.4, -0.2) is 36.3 Å². The average molecular weight is 314 g/mol. The number of amides is 1. The van der Waals surface area contributed by atoms with Gasteiger partial charge in [-0.05, 0) is 18.6 Å². The molecule has 0 radical (unpaired) electrons. The standard InChI is InChI=1S/C16H18N4O3/c1-4-14-15(18-6-5-17-14)16(21)20-19-10-11-7-12(22-2)9-13(8-11)23-3/h5-10H,4H2,1-3H3,(H,20,21)/b19-10+. The van der Waals surface area contributed by atoms with Gasteiger partial charge in [0.2, 0.25) is 0 Å². The summed E-state index contributed by atoms with van der Waals surface area (Å²) >= 11 is 0. The Kier molecular flexibility index (Phi) is 5.62. The summed E-state index contributed by atoms with van der Waals surface area (Å²) in [6.07, 6.45) is 5.16. The summed E-state index contributed by atoms with van der Waals surface area (Å²) in [5.74, 6) is 0.875. The Bertz CT molecular complexity index is 694. The Balaban J connectivity index is 2.11. The van der Waals surface area contributed by atoms with E-state index in [4.69, 9.17) is 9.47 Å². The predicted octanol–water partition coefficient (Wildman–Crippen LogP) is 1.82. The van der Waals surface area contributed by atoms with Crippen molar-refractivity contribution in [2.24, 2.45) is 5.10 Å². The van der Waals surface area contributed by atoms with E-state index < -0.39 is 5.91 Å². The van der Waals surface area contributed by atoms with E-state index in [1.54, 1.807) is 38.6 Å². The molecule has 0 atom stereocenters. The summed E-state index contributed by atoms with van der Waals surface area (Å²) in [7, 11) is 3.13. The molecule has 0 unspecified atom stereocenters. The number of nitrogens with one attached hydrogen (secondary N) is 1. The number of carbonyl (C=O) groups is 1. The average Bonchev–Trinajstić information content (AvgIpc) is 2.61. The van der Waals surface area contributed by atoms with Crippen LogP contribution in [0.1, 0.15) is 28.7 Å². The lowest BCUT2D eigenvalue weighted by Gasteiger charge is -2.06. The zero-order valence-electron chi connectivity index (χ0n) is 13.2. The first-order chi connectivity index (χ1) is 11.2. The van der Waals surface area contributed by atoms with Gasteiger partial charge >= 0.3 is 0 Å². The summed E-state index contributed by atoms with van der Waals surface area (Å²) in [6.45, 7) is 1.91. The van der Waals surface area contributed by atoms with Gasteiger partial charge < -0.3 is 9.47 Å². The van der Waals surface area contributed by atoms with Gasteiger partial charge in [0, 0.05) is 24.0 Å². The van der Waals surface area contributed by atoms with Gasteiger partial charge in [0.25, 0.3) is 5.91 Å². The minimum atomic E-state index is -0.402. The van der Waals surface area contributed by atoms with Crippen LogP contribution in [0.15, 0.2) is 35.7 Å². The van der Waals surface area contributed by atoms with Crippen LogP contribution in [0.4, 0.5) is 0 Å². The second-order valence-corrected chi connectivity index (χ2v) is 4.55. The third-order valence-corrected chi connectivity index (χ3v) is 3.08. The number of benzene rings is 1. The van der Waals surface area contributed by atoms with E-state index in [2.05, 4.69) is 20.5 Å². The summed E-state index contributed by atoms with van der Waals surface area (Å²) < 4.78 is 10.4. The molecule has 0 aliphatic carbocycles. The van der Waals surface area contributed by atoms with Crippen LogP contribution < -0.4 is 14.9 Å². The van der Waals surface area contributed by atoms with Gasteiger partial charge in [0.15, 0.2) is 5.69 Å². The third-order valence-electron chi connectivity index (χ3n) is 3.08. The van der Waals surface area contributed by atoms with Gasteiger partial charge in [0.05, 0.1) is 26.1 Å². The number of methoxy groups -OCH3 is 2. The summed E-state index contributed by atoms with van der Waals surface area (Å²) in [6, 6.07) is 5.30. The van der Waals surface area contributed by atoms with Gasteiger partial charge in [-0.15, -0.1) is 0 Å². The molecule has 0 fully saturated rings. The van der Waals surface area contributed by atoms with Crippen LogP contribution in [0.5, 0.6) is 11.5 Å². The van der Waals surface area contributed by atoms with E-state index in [1.165, 1.54) is 12.4 Å². The minimum Gasteiger partial charge on any atom is -0.497 e. The van der Waals surface area contributed by atoms with Crippen molar-refractivity contribution >= 4 is 12.1 Å². The molecule has 2 aromatic rings. The third kappa shape index (κ3) is 4.26. The van der Waals surface area contributed by atoms with Gasteiger partial charge in [-0.2, -0.15) is 5.10 Å². The fraction of sp³-hybridized carbons (Fsp3) is 0.250. The fourth-order valence-corrected chi connectivity index (χ4v) is 1.94. The Morgan fingerprint density at radius 3 is 2.43 bits per heavy atom. The molecule has 0 bridgehead atoms. The highest BCUT2D eigenvalue weighted by atomic mass is 16.5. The molecule has 2 rings (SSSR count). The molecule has 0 saturated carbocycles. The van der Waals surface area contributed by atoms with Gasteiger partial charge in [0.1, 0.15) is 11.5 Å². The number of ether oxygens (including phenoxy) is 2. The molecule has 0 saturated heterocycles. The molecule has 0 aliphatic rings. The van der Waals surface area contributed by atoms with E-state index in [0.717, 1.165) is 5.56 Å². The molecule has 23 heavy (non-hydrogen) atoms. The van der Waals surface area contributed by atoms with Crippen molar-refractivity contribution < 1.29 is 14.3 Å². The van der Waals surface area contributed by atoms with E-state index in [0.29, 0.717) is 23.6 Å². The molecule has 7 nitrogen and oxygen atoms in total. The number of aromatic nitrogens is 2. The van der Waals surface area contributed by atoms with Crippen LogP contribution >= 0.6 is 0 Å². The molecular formula is C16H18N4O3. The summed E-state index contributed by atoms with van der Waals surface area (Å²) in [5, 5.41) is 3.94. The maximum Gasteiger partial charge on any atom is 0.291 e. The number of hydrogen-bond donors (Lipinski definition) is 1. The van der Waals surface area contributed by atoms with Gasteiger partial charge in [-0.3, -0.25) is 9.78 Å². The maximum atomic E-state index is 12.1. The highest BCUT2D eigenvalue weighted by Crippen LogP contribution is 2.21. The fourth-order valence-electron chi connectivity index (χ4n) is 1.94. The van der Waals surface area contributed by atoms with Crippen LogP contribution in [0.3, 0.4) is 0 Å². The highest BCUT2D eigenvalue weighted by molar-refractivity contribution is 5.94.